The van der Waals surface area contributed by atoms with Crippen molar-refractivity contribution < 1.29 is 26.7 Å². The third kappa shape index (κ3) is 5.08. The van der Waals surface area contributed by atoms with E-state index in [0.717, 1.165) is 43.7 Å². The molecular formula is C21H24ClN2O3-. The van der Waals surface area contributed by atoms with E-state index < -0.39 is 0 Å². The fourth-order valence-electron chi connectivity index (χ4n) is 3.15. The minimum absolute atomic E-state index is 0. The topological polar surface area (TPSA) is 49.9 Å². The van der Waals surface area contributed by atoms with Crippen LogP contribution in [0.2, 0.25) is 0 Å². The highest BCUT2D eigenvalue weighted by Crippen LogP contribution is 2.21. The average molecular weight is 388 g/mol. The Morgan fingerprint density at radius 1 is 0.815 bits per heavy atom. The smallest absolute Gasteiger partial charge is 0.337 e. The lowest BCUT2D eigenvalue weighted by Crippen LogP contribution is -3.00. The number of carbonyl (C=O) groups excluding carboxylic acids is 2. The van der Waals surface area contributed by atoms with Gasteiger partial charge in [-0.15, -0.1) is 0 Å². The van der Waals surface area contributed by atoms with E-state index in [-0.39, 0.29) is 24.3 Å². The van der Waals surface area contributed by atoms with Crippen molar-refractivity contribution >= 4 is 11.9 Å². The summed E-state index contributed by atoms with van der Waals surface area (Å²) in [5.41, 5.74) is 3.24. The maximum Gasteiger partial charge on any atom is 0.337 e. The molecule has 5 nitrogen and oxygen atoms in total. The van der Waals surface area contributed by atoms with Crippen molar-refractivity contribution in [2.45, 2.75) is 6.42 Å². The van der Waals surface area contributed by atoms with Crippen LogP contribution in [-0.4, -0.2) is 62.0 Å². The van der Waals surface area contributed by atoms with Gasteiger partial charge in [0.05, 0.1) is 12.7 Å². The van der Waals surface area contributed by atoms with Gasteiger partial charge in [0, 0.05) is 25.2 Å². The van der Waals surface area contributed by atoms with Gasteiger partial charge >= 0.3 is 5.97 Å². The van der Waals surface area contributed by atoms with Gasteiger partial charge in [-0.1, -0.05) is 24.3 Å². The van der Waals surface area contributed by atoms with E-state index in [1.165, 1.54) is 7.11 Å². The van der Waals surface area contributed by atoms with Crippen LogP contribution in [0.1, 0.15) is 27.1 Å². The predicted octanol–water partition coefficient (Wildman–Crippen LogP) is -0.0781. The maximum absolute atomic E-state index is 12.7. The first-order valence-corrected chi connectivity index (χ1v) is 8.85. The summed E-state index contributed by atoms with van der Waals surface area (Å²) in [6.45, 7) is 3.52. The maximum atomic E-state index is 12.7. The number of amides is 1. The number of benzene rings is 2. The highest BCUT2D eigenvalue weighted by molar-refractivity contribution is 5.95. The molecule has 1 heterocycles. The first kappa shape index (κ1) is 20.9. The van der Waals surface area contributed by atoms with E-state index in [9.17, 15) is 9.59 Å². The Kier molecular flexibility index (Phi) is 7.39. The molecule has 6 heteroatoms. The Labute approximate surface area is 166 Å². The van der Waals surface area contributed by atoms with Crippen molar-refractivity contribution in [3.05, 3.63) is 59.7 Å². The molecule has 27 heavy (non-hydrogen) atoms. The van der Waals surface area contributed by atoms with Crippen molar-refractivity contribution in [3.63, 3.8) is 0 Å². The number of nitrogens with zero attached hydrogens (tertiary/aromatic N) is 2. The van der Waals surface area contributed by atoms with Crippen LogP contribution in [0, 0.1) is 0 Å². The minimum atomic E-state index is -0.347. The molecule has 0 atom stereocenters. The highest BCUT2D eigenvalue weighted by atomic mass is 35.5. The number of likely N-dealkylation sites (N-methyl/N-ethyl adjacent to an activating group) is 1. The number of hydrogen-bond acceptors (Lipinski definition) is 4. The number of ether oxygens (including phenoxy) is 1. The molecule has 1 fully saturated rings. The first-order valence-electron chi connectivity index (χ1n) is 8.85. The zero-order valence-corrected chi connectivity index (χ0v) is 16.4. The van der Waals surface area contributed by atoms with E-state index in [1.807, 2.05) is 41.3 Å². The highest BCUT2D eigenvalue weighted by Gasteiger charge is 2.18. The van der Waals surface area contributed by atoms with Crippen molar-refractivity contribution in [2.24, 2.45) is 0 Å². The SMILES string of the molecule is COC(=O)c1ccc(-c2ccc(C(=O)N3CCCN(C)CC3)cc2)cc1.[Cl-]. The molecule has 0 radical (unpaired) electrons. The number of methoxy groups -OCH3 is 1. The fourth-order valence-corrected chi connectivity index (χ4v) is 3.15. The Morgan fingerprint density at radius 3 is 1.93 bits per heavy atom. The normalized spacial score (nSPS) is 14.8. The van der Waals surface area contributed by atoms with E-state index in [4.69, 9.17) is 4.74 Å². The Bertz CT molecular complexity index is 775. The molecule has 0 aliphatic carbocycles. The molecule has 0 aromatic heterocycles. The molecule has 1 aliphatic rings. The second-order valence-corrected chi connectivity index (χ2v) is 6.60. The molecular weight excluding hydrogens is 364 g/mol. The molecule has 1 aliphatic heterocycles. The van der Waals surface area contributed by atoms with E-state index in [0.29, 0.717) is 11.1 Å². The van der Waals surface area contributed by atoms with Gasteiger partial charge in [0.15, 0.2) is 0 Å². The first-order chi connectivity index (χ1) is 12.6. The third-order valence-corrected chi connectivity index (χ3v) is 4.78. The number of carbonyl (C=O) groups is 2. The van der Waals surface area contributed by atoms with Crippen molar-refractivity contribution in [1.82, 2.24) is 9.80 Å². The molecule has 2 aromatic carbocycles. The summed E-state index contributed by atoms with van der Waals surface area (Å²) in [6.07, 6.45) is 1.01. The third-order valence-electron chi connectivity index (χ3n) is 4.78. The molecule has 1 saturated heterocycles. The van der Waals surface area contributed by atoms with Crippen LogP contribution in [0.4, 0.5) is 0 Å². The van der Waals surface area contributed by atoms with E-state index in [1.54, 1.807) is 12.1 Å². The van der Waals surface area contributed by atoms with Crippen LogP contribution >= 0.6 is 0 Å². The van der Waals surface area contributed by atoms with Gasteiger partial charge in [-0.2, -0.15) is 0 Å². The minimum Gasteiger partial charge on any atom is -1.00 e. The summed E-state index contributed by atoms with van der Waals surface area (Å²) in [7, 11) is 3.46. The Balaban J connectivity index is 0.00000261. The van der Waals surface area contributed by atoms with Crippen LogP contribution in [0.5, 0.6) is 0 Å². The number of esters is 1. The summed E-state index contributed by atoms with van der Waals surface area (Å²) in [5, 5.41) is 0. The monoisotopic (exact) mass is 387 g/mol. The molecule has 0 unspecified atom stereocenters. The number of rotatable bonds is 3. The number of hydrogen-bond donors (Lipinski definition) is 0. The number of halogens is 1. The van der Waals surface area contributed by atoms with Crippen LogP contribution in [0.3, 0.4) is 0 Å². The van der Waals surface area contributed by atoms with Gasteiger partial charge in [-0.3, -0.25) is 4.79 Å². The molecule has 0 N–H and O–H groups in total. The van der Waals surface area contributed by atoms with Gasteiger partial charge in [-0.25, -0.2) is 4.79 Å². The van der Waals surface area contributed by atoms with Crippen molar-refractivity contribution in [3.8, 4) is 11.1 Å². The van der Waals surface area contributed by atoms with Gasteiger partial charge in [0.25, 0.3) is 5.91 Å². The summed E-state index contributed by atoms with van der Waals surface area (Å²) in [6, 6.07) is 14.9. The lowest BCUT2D eigenvalue weighted by Gasteiger charge is -2.20. The molecule has 1 amide bonds. The quantitative estimate of drug-likeness (QED) is 0.691. The summed E-state index contributed by atoms with van der Waals surface area (Å²) in [4.78, 5) is 28.4. The van der Waals surface area contributed by atoms with Crippen LogP contribution in [-0.2, 0) is 4.74 Å². The van der Waals surface area contributed by atoms with Crippen LogP contribution in [0.15, 0.2) is 48.5 Å². The van der Waals surface area contributed by atoms with Gasteiger partial charge in [0.1, 0.15) is 0 Å². The van der Waals surface area contributed by atoms with Gasteiger partial charge < -0.3 is 26.9 Å². The van der Waals surface area contributed by atoms with Crippen molar-refractivity contribution in [2.75, 3.05) is 40.3 Å². The average Bonchev–Trinajstić information content (AvgIpc) is 2.91. The van der Waals surface area contributed by atoms with E-state index >= 15 is 0 Å². The molecule has 2 aromatic rings. The lowest BCUT2D eigenvalue weighted by atomic mass is 10.0. The summed E-state index contributed by atoms with van der Waals surface area (Å²) in [5.74, 6) is -0.256. The summed E-state index contributed by atoms with van der Waals surface area (Å²) < 4.78 is 4.71. The van der Waals surface area contributed by atoms with Crippen LogP contribution < -0.4 is 12.4 Å². The van der Waals surface area contributed by atoms with Crippen molar-refractivity contribution in [1.29, 1.82) is 0 Å². The predicted molar refractivity (Wildman–Crippen MR) is 101 cm³/mol. The Hall–Kier alpha value is -2.37. The molecule has 0 saturated carbocycles. The van der Waals surface area contributed by atoms with Crippen LogP contribution in [0.25, 0.3) is 11.1 Å². The standard InChI is InChI=1S/C21H24N2O3.ClH/c1-22-12-3-13-23(15-14-22)20(24)18-8-4-16(5-9-18)17-6-10-19(11-7-17)21(25)26-2;/h4-11H,3,12-15H2,1-2H3;1H/p-1. The second kappa shape index (κ2) is 9.53. The zero-order valence-electron chi connectivity index (χ0n) is 15.7. The molecule has 0 bridgehead atoms. The molecule has 144 valence electrons. The van der Waals surface area contributed by atoms with E-state index in [2.05, 4.69) is 11.9 Å². The Morgan fingerprint density at radius 2 is 1.37 bits per heavy atom. The van der Waals surface area contributed by atoms with Gasteiger partial charge in [-0.05, 0) is 55.4 Å². The second-order valence-electron chi connectivity index (χ2n) is 6.60. The molecule has 3 rings (SSSR count). The fraction of sp³-hybridized carbons (Fsp3) is 0.333. The van der Waals surface area contributed by atoms with Gasteiger partial charge in [0.2, 0.25) is 0 Å². The lowest BCUT2D eigenvalue weighted by molar-refractivity contribution is -0.0000293. The largest absolute Gasteiger partial charge is 1.00 e. The zero-order chi connectivity index (χ0) is 18.5. The molecule has 0 spiro atoms. The summed E-state index contributed by atoms with van der Waals surface area (Å²) >= 11 is 0.